The average Bonchev–Trinajstić information content (AvgIpc) is 3.44. The number of hydrogen-bond acceptors (Lipinski definition) is 3. The molecule has 34 heavy (non-hydrogen) atoms. The molecule has 2 N–H and O–H groups in total. The van der Waals surface area contributed by atoms with Crippen LogP contribution in [0.5, 0.6) is 0 Å². The van der Waals surface area contributed by atoms with Gasteiger partial charge in [-0.05, 0) is 66.3 Å². The van der Waals surface area contributed by atoms with Gasteiger partial charge in [0.2, 0.25) is 5.91 Å². The normalized spacial score (nSPS) is 18.5. The number of benzene rings is 3. The summed E-state index contributed by atoms with van der Waals surface area (Å²) in [5.74, 6) is -0.457. The van der Waals surface area contributed by atoms with Crippen LogP contribution in [0.3, 0.4) is 0 Å². The molecule has 0 bridgehead atoms. The Kier molecular flexibility index (Phi) is 5.74. The third-order valence-corrected chi connectivity index (χ3v) is 7.33. The number of halogens is 3. The average molecular weight is 498 g/mol. The molecular formula is C26H22Cl2FN3O2. The van der Waals surface area contributed by atoms with E-state index >= 15 is 0 Å². The predicted octanol–water partition coefficient (Wildman–Crippen LogP) is 5.63. The second-order valence-corrected chi connectivity index (χ2v) is 9.70. The van der Waals surface area contributed by atoms with Crippen LogP contribution in [-0.4, -0.2) is 32.0 Å². The van der Waals surface area contributed by atoms with Crippen molar-refractivity contribution in [3.05, 3.63) is 81.6 Å². The zero-order valence-electron chi connectivity index (χ0n) is 18.4. The maximum Gasteiger partial charge on any atom is 0.261 e. The molecule has 3 aromatic rings. The van der Waals surface area contributed by atoms with E-state index in [1.807, 2.05) is 18.2 Å². The molecule has 1 saturated carbocycles. The van der Waals surface area contributed by atoms with E-state index in [2.05, 4.69) is 4.90 Å². The molecule has 8 heteroatoms. The highest BCUT2D eigenvalue weighted by molar-refractivity contribution is 6.33. The number of carbonyl (C=O) groups is 2. The van der Waals surface area contributed by atoms with Gasteiger partial charge < -0.3 is 15.5 Å². The number of fused-ring (bicyclic) bond motifs is 1. The van der Waals surface area contributed by atoms with Crippen molar-refractivity contribution in [1.82, 2.24) is 0 Å². The minimum absolute atomic E-state index is 0.0912. The molecule has 5 rings (SSSR count). The van der Waals surface area contributed by atoms with Gasteiger partial charge in [0, 0.05) is 36.3 Å². The van der Waals surface area contributed by atoms with Crippen molar-refractivity contribution in [1.29, 1.82) is 0 Å². The lowest BCUT2D eigenvalue weighted by Crippen LogP contribution is -2.30. The number of rotatable bonds is 5. The molecule has 5 nitrogen and oxygen atoms in total. The van der Waals surface area contributed by atoms with Crippen molar-refractivity contribution in [3.8, 4) is 11.1 Å². The molecule has 174 valence electrons. The molecular weight excluding hydrogens is 476 g/mol. The molecule has 1 saturated heterocycles. The van der Waals surface area contributed by atoms with Crippen LogP contribution in [0.2, 0.25) is 10.0 Å². The quantitative estimate of drug-likeness (QED) is 0.496. The first-order chi connectivity index (χ1) is 16.2. The molecule has 1 aliphatic carbocycles. The largest absolute Gasteiger partial charge is 0.369 e. The van der Waals surface area contributed by atoms with Gasteiger partial charge in [0.15, 0.2) is 5.82 Å². The van der Waals surface area contributed by atoms with Gasteiger partial charge in [0.1, 0.15) is 0 Å². The summed E-state index contributed by atoms with van der Waals surface area (Å²) in [6, 6.07) is 14.9. The van der Waals surface area contributed by atoms with Crippen LogP contribution < -0.4 is 15.5 Å². The van der Waals surface area contributed by atoms with Crippen LogP contribution in [0, 0.1) is 17.7 Å². The first-order valence-corrected chi connectivity index (χ1v) is 11.7. The lowest BCUT2D eigenvalue weighted by Gasteiger charge is -2.28. The van der Waals surface area contributed by atoms with Crippen molar-refractivity contribution in [3.63, 3.8) is 0 Å². The highest BCUT2D eigenvalue weighted by atomic mass is 35.5. The molecule has 2 fully saturated rings. The molecule has 2 amide bonds. The van der Waals surface area contributed by atoms with E-state index in [0.29, 0.717) is 33.7 Å². The monoisotopic (exact) mass is 497 g/mol. The first kappa shape index (κ1) is 22.7. The van der Waals surface area contributed by atoms with Crippen LogP contribution in [0.25, 0.3) is 11.1 Å². The fourth-order valence-electron chi connectivity index (χ4n) is 4.68. The van der Waals surface area contributed by atoms with E-state index in [9.17, 15) is 14.0 Å². The molecule has 2 atom stereocenters. The van der Waals surface area contributed by atoms with Gasteiger partial charge in [0.05, 0.1) is 22.0 Å². The summed E-state index contributed by atoms with van der Waals surface area (Å²) in [6.07, 6.45) is 1.22. The Hall–Kier alpha value is -3.09. The van der Waals surface area contributed by atoms with Gasteiger partial charge in [0.25, 0.3) is 5.91 Å². The number of piperidine rings is 1. The molecule has 0 aromatic heterocycles. The van der Waals surface area contributed by atoms with Crippen molar-refractivity contribution in [2.45, 2.75) is 6.42 Å². The molecule has 2 aliphatic rings. The summed E-state index contributed by atoms with van der Waals surface area (Å²) in [5.41, 5.74) is 8.69. The van der Waals surface area contributed by atoms with Gasteiger partial charge in [-0.2, -0.15) is 0 Å². The van der Waals surface area contributed by atoms with Gasteiger partial charge in [-0.15, -0.1) is 0 Å². The summed E-state index contributed by atoms with van der Waals surface area (Å²) < 4.78 is 14.6. The minimum atomic E-state index is -0.739. The van der Waals surface area contributed by atoms with Gasteiger partial charge in [-0.1, -0.05) is 35.3 Å². The molecule has 3 aromatic carbocycles. The Labute approximate surface area is 206 Å². The summed E-state index contributed by atoms with van der Waals surface area (Å²) in [4.78, 5) is 28.6. The van der Waals surface area contributed by atoms with Crippen LogP contribution in [0.4, 0.5) is 15.8 Å². The second kappa shape index (κ2) is 8.60. The number of hydrogen-bond donors (Lipinski definition) is 1. The topological polar surface area (TPSA) is 66.6 Å². The maximum atomic E-state index is 14.6. The highest BCUT2D eigenvalue weighted by Gasteiger charge is 2.45. The SMILES string of the molecule is CN(C(=O)c1cccc(Cl)c1F)c1ccc(-c2cc(C(N)=O)ccc2Cl)cc1N1CC2CC2C1. The number of amides is 2. The molecule has 1 heterocycles. The Morgan fingerprint density at radius 3 is 2.47 bits per heavy atom. The standard InChI is InChI=1S/C26H22Cl2FN3O2/c1-31(26(34)18-3-2-4-21(28)24(18)29)22-8-6-14(11-23(22)32-12-16-9-17(16)13-32)19-10-15(25(30)33)5-7-20(19)27/h2-8,10-11,16-17H,9,12-13H2,1H3,(H2,30,33). The van der Waals surface area contributed by atoms with E-state index in [1.54, 1.807) is 31.3 Å². The van der Waals surface area contributed by atoms with Crippen LogP contribution in [0.15, 0.2) is 54.6 Å². The van der Waals surface area contributed by atoms with Crippen molar-refractivity contribution in [2.24, 2.45) is 17.6 Å². The summed E-state index contributed by atoms with van der Waals surface area (Å²) in [5, 5.41) is 0.386. The van der Waals surface area contributed by atoms with Crippen LogP contribution >= 0.6 is 23.2 Å². The number of carbonyl (C=O) groups excluding carboxylic acids is 2. The van der Waals surface area contributed by atoms with E-state index in [-0.39, 0.29) is 10.6 Å². The van der Waals surface area contributed by atoms with E-state index in [1.165, 1.54) is 23.5 Å². The summed E-state index contributed by atoms with van der Waals surface area (Å²) in [7, 11) is 1.62. The Morgan fingerprint density at radius 2 is 1.76 bits per heavy atom. The third-order valence-electron chi connectivity index (χ3n) is 6.70. The number of primary amides is 1. The fraction of sp³-hybridized carbons (Fsp3) is 0.231. The van der Waals surface area contributed by atoms with Gasteiger partial charge in [-0.3, -0.25) is 9.59 Å². The van der Waals surface area contributed by atoms with Crippen LogP contribution in [-0.2, 0) is 0 Å². The lowest BCUT2D eigenvalue weighted by atomic mass is 10.0. The van der Waals surface area contributed by atoms with Crippen molar-refractivity contribution < 1.29 is 14.0 Å². The van der Waals surface area contributed by atoms with Gasteiger partial charge >= 0.3 is 0 Å². The minimum Gasteiger partial charge on any atom is -0.369 e. The maximum absolute atomic E-state index is 14.6. The van der Waals surface area contributed by atoms with E-state index in [0.717, 1.165) is 24.3 Å². The number of nitrogens with zero attached hydrogens (tertiary/aromatic N) is 2. The predicted molar refractivity (Wildman–Crippen MR) is 133 cm³/mol. The van der Waals surface area contributed by atoms with Gasteiger partial charge in [-0.25, -0.2) is 4.39 Å². The van der Waals surface area contributed by atoms with Crippen molar-refractivity contribution in [2.75, 3.05) is 29.9 Å². The van der Waals surface area contributed by atoms with E-state index < -0.39 is 17.6 Å². The zero-order valence-corrected chi connectivity index (χ0v) is 19.9. The number of nitrogens with two attached hydrogens (primary N) is 1. The Bertz CT molecular complexity index is 1320. The highest BCUT2D eigenvalue weighted by Crippen LogP contribution is 2.48. The number of anilines is 2. The van der Waals surface area contributed by atoms with Crippen LogP contribution in [0.1, 0.15) is 27.1 Å². The Balaban J connectivity index is 1.58. The zero-order chi connectivity index (χ0) is 24.1. The second-order valence-electron chi connectivity index (χ2n) is 8.89. The fourth-order valence-corrected chi connectivity index (χ4v) is 5.08. The molecule has 0 radical (unpaired) electrons. The molecule has 1 aliphatic heterocycles. The van der Waals surface area contributed by atoms with E-state index in [4.69, 9.17) is 28.9 Å². The summed E-state index contributed by atoms with van der Waals surface area (Å²) >= 11 is 12.4. The first-order valence-electron chi connectivity index (χ1n) is 11.0. The lowest BCUT2D eigenvalue weighted by molar-refractivity contribution is 0.0985. The third kappa shape index (κ3) is 4.01. The summed E-state index contributed by atoms with van der Waals surface area (Å²) in [6.45, 7) is 1.79. The Morgan fingerprint density at radius 1 is 1.03 bits per heavy atom. The molecule has 2 unspecified atom stereocenters. The smallest absolute Gasteiger partial charge is 0.261 e. The van der Waals surface area contributed by atoms with Crippen molar-refractivity contribution >= 4 is 46.4 Å². The molecule has 0 spiro atoms.